The third-order valence-corrected chi connectivity index (χ3v) is 3.93. The Morgan fingerprint density at radius 1 is 1.14 bits per heavy atom. The number of anilines is 1. The zero-order valence-electron chi connectivity index (χ0n) is 10.3. The van der Waals surface area contributed by atoms with E-state index in [0.717, 1.165) is 6.07 Å². The van der Waals surface area contributed by atoms with Gasteiger partial charge in [0.1, 0.15) is 5.82 Å². The molecule has 21 heavy (non-hydrogen) atoms. The molecule has 0 aromatic heterocycles. The van der Waals surface area contributed by atoms with Gasteiger partial charge in [-0.3, -0.25) is 14.9 Å². The number of halogens is 3. The van der Waals surface area contributed by atoms with E-state index in [1.165, 1.54) is 30.3 Å². The van der Waals surface area contributed by atoms with Gasteiger partial charge in [0, 0.05) is 22.2 Å². The SMILES string of the molecule is O=C(Nc1cc([N+](=O)[O-])ccc1Br)c1ccc(Br)c(F)c1. The molecule has 0 unspecified atom stereocenters. The van der Waals surface area contributed by atoms with Crippen LogP contribution in [0.15, 0.2) is 45.3 Å². The van der Waals surface area contributed by atoms with Crippen LogP contribution in [0.2, 0.25) is 0 Å². The first kappa shape index (κ1) is 15.6. The lowest BCUT2D eigenvalue weighted by atomic mass is 10.2. The molecular weight excluding hydrogens is 411 g/mol. The molecular formula is C13H7Br2FN2O3. The number of nitrogens with one attached hydrogen (secondary N) is 1. The molecule has 0 spiro atoms. The highest BCUT2D eigenvalue weighted by Gasteiger charge is 2.14. The predicted octanol–water partition coefficient (Wildman–Crippen LogP) is 4.51. The minimum absolute atomic E-state index is 0.106. The fraction of sp³-hybridized carbons (Fsp3) is 0. The standard InChI is InChI=1S/C13H7Br2FN2O3/c14-9-3-1-7(5-11(9)16)13(19)17-12-6-8(18(20)21)2-4-10(12)15/h1-6H,(H,17,19). The second kappa shape index (κ2) is 6.31. The van der Waals surface area contributed by atoms with Crippen molar-refractivity contribution in [3.63, 3.8) is 0 Å². The van der Waals surface area contributed by atoms with Crippen LogP contribution in [0.3, 0.4) is 0 Å². The lowest BCUT2D eigenvalue weighted by Gasteiger charge is -2.08. The number of carbonyl (C=O) groups excluding carboxylic acids is 1. The smallest absolute Gasteiger partial charge is 0.271 e. The Bertz CT molecular complexity index is 737. The molecule has 0 fully saturated rings. The molecule has 2 aromatic carbocycles. The molecule has 0 bridgehead atoms. The third-order valence-electron chi connectivity index (χ3n) is 2.59. The van der Waals surface area contributed by atoms with Crippen molar-refractivity contribution >= 4 is 49.1 Å². The van der Waals surface area contributed by atoms with Crippen molar-refractivity contribution in [1.29, 1.82) is 0 Å². The van der Waals surface area contributed by atoms with Crippen molar-refractivity contribution in [2.45, 2.75) is 0 Å². The van der Waals surface area contributed by atoms with Gasteiger partial charge in [-0.05, 0) is 56.1 Å². The lowest BCUT2D eigenvalue weighted by molar-refractivity contribution is -0.384. The summed E-state index contributed by atoms with van der Waals surface area (Å²) in [6.45, 7) is 0. The number of amides is 1. The van der Waals surface area contributed by atoms with Crippen molar-refractivity contribution in [3.8, 4) is 0 Å². The zero-order valence-corrected chi connectivity index (χ0v) is 13.4. The van der Waals surface area contributed by atoms with Gasteiger partial charge in [0.25, 0.3) is 11.6 Å². The number of benzene rings is 2. The monoisotopic (exact) mass is 416 g/mol. The van der Waals surface area contributed by atoms with Crippen LogP contribution in [-0.2, 0) is 0 Å². The Morgan fingerprint density at radius 3 is 2.43 bits per heavy atom. The molecule has 0 saturated heterocycles. The van der Waals surface area contributed by atoms with Crippen LogP contribution >= 0.6 is 31.9 Å². The maximum absolute atomic E-state index is 13.4. The molecule has 0 saturated carbocycles. The molecule has 2 aromatic rings. The molecule has 0 radical (unpaired) electrons. The van der Waals surface area contributed by atoms with Gasteiger partial charge in [-0.15, -0.1) is 0 Å². The van der Waals surface area contributed by atoms with Gasteiger partial charge in [0.15, 0.2) is 0 Å². The van der Waals surface area contributed by atoms with Gasteiger partial charge in [-0.1, -0.05) is 0 Å². The summed E-state index contributed by atoms with van der Waals surface area (Å²) >= 11 is 6.18. The van der Waals surface area contributed by atoms with Crippen LogP contribution in [0, 0.1) is 15.9 Å². The van der Waals surface area contributed by atoms with Crippen LogP contribution in [0.5, 0.6) is 0 Å². The first-order valence-electron chi connectivity index (χ1n) is 5.59. The molecule has 0 heterocycles. The Morgan fingerprint density at radius 2 is 1.81 bits per heavy atom. The Hall–Kier alpha value is -1.80. The van der Waals surface area contributed by atoms with Crippen LogP contribution < -0.4 is 5.32 Å². The third kappa shape index (κ3) is 3.64. The molecule has 8 heteroatoms. The fourth-order valence-electron chi connectivity index (χ4n) is 1.55. The highest BCUT2D eigenvalue weighted by molar-refractivity contribution is 9.10. The largest absolute Gasteiger partial charge is 0.321 e. The molecule has 0 aliphatic carbocycles. The summed E-state index contributed by atoms with van der Waals surface area (Å²) in [6.07, 6.45) is 0. The average Bonchev–Trinajstić information content (AvgIpc) is 2.43. The number of hydrogen-bond donors (Lipinski definition) is 1. The molecule has 1 amide bonds. The maximum atomic E-state index is 13.4. The number of nitro groups is 1. The van der Waals surface area contributed by atoms with E-state index in [9.17, 15) is 19.3 Å². The number of nitrogens with zero attached hydrogens (tertiary/aromatic N) is 1. The van der Waals surface area contributed by atoms with E-state index >= 15 is 0 Å². The number of rotatable bonds is 3. The topological polar surface area (TPSA) is 72.2 Å². The van der Waals surface area contributed by atoms with E-state index < -0.39 is 16.6 Å². The predicted molar refractivity (Wildman–Crippen MR) is 82.8 cm³/mol. The number of non-ortho nitro benzene ring substituents is 1. The normalized spacial score (nSPS) is 10.2. The first-order valence-corrected chi connectivity index (χ1v) is 7.17. The van der Waals surface area contributed by atoms with E-state index in [-0.39, 0.29) is 21.4 Å². The first-order chi connectivity index (χ1) is 9.88. The number of carbonyl (C=O) groups is 1. The summed E-state index contributed by atoms with van der Waals surface area (Å²) in [5.74, 6) is -1.14. The maximum Gasteiger partial charge on any atom is 0.271 e. The lowest BCUT2D eigenvalue weighted by Crippen LogP contribution is -2.12. The van der Waals surface area contributed by atoms with E-state index in [4.69, 9.17) is 0 Å². The summed E-state index contributed by atoms with van der Waals surface area (Å²) < 4.78 is 14.1. The minimum Gasteiger partial charge on any atom is -0.321 e. The summed E-state index contributed by atoms with van der Waals surface area (Å²) in [5.41, 5.74) is 0.183. The molecule has 1 N–H and O–H groups in total. The summed E-state index contributed by atoms with van der Waals surface area (Å²) in [5, 5.41) is 13.2. The van der Waals surface area contributed by atoms with Crippen molar-refractivity contribution < 1.29 is 14.1 Å². The number of nitro benzene ring substituents is 1. The molecule has 0 atom stereocenters. The Balaban J connectivity index is 2.28. The second-order valence-electron chi connectivity index (χ2n) is 4.00. The van der Waals surface area contributed by atoms with Gasteiger partial charge in [-0.25, -0.2) is 4.39 Å². The molecule has 5 nitrogen and oxygen atoms in total. The summed E-state index contributed by atoms with van der Waals surface area (Å²) in [4.78, 5) is 22.2. The fourth-order valence-corrected chi connectivity index (χ4v) is 2.15. The van der Waals surface area contributed by atoms with Crippen LogP contribution in [0.25, 0.3) is 0 Å². The second-order valence-corrected chi connectivity index (χ2v) is 5.71. The summed E-state index contributed by atoms with van der Waals surface area (Å²) in [6, 6.07) is 7.90. The van der Waals surface area contributed by atoms with Crippen LogP contribution in [0.4, 0.5) is 15.8 Å². The van der Waals surface area contributed by atoms with Gasteiger partial charge < -0.3 is 5.32 Å². The summed E-state index contributed by atoms with van der Waals surface area (Å²) in [7, 11) is 0. The van der Waals surface area contributed by atoms with Crippen molar-refractivity contribution in [3.05, 3.63) is 66.8 Å². The van der Waals surface area contributed by atoms with Gasteiger partial charge in [0.2, 0.25) is 0 Å². The highest BCUT2D eigenvalue weighted by atomic mass is 79.9. The van der Waals surface area contributed by atoms with Crippen molar-refractivity contribution in [1.82, 2.24) is 0 Å². The van der Waals surface area contributed by atoms with Crippen LogP contribution in [0.1, 0.15) is 10.4 Å². The quantitative estimate of drug-likeness (QED) is 0.589. The van der Waals surface area contributed by atoms with Gasteiger partial charge in [0.05, 0.1) is 15.1 Å². The number of hydrogen-bond acceptors (Lipinski definition) is 3. The zero-order chi connectivity index (χ0) is 15.6. The Labute approximate surface area is 135 Å². The minimum atomic E-state index is -0.569. The average molecular weight is 418 g/mol. The van der Waals surface area contributed by atoms with Gasteiger partial charge in [-0.2, -0.15) is 0 Å². The van der Waals surface area contributed by atoms with E-state index in [1.807, 2.05) is 0 Å². The molecule has 2 rings (SSSR count). The molecule has 0 aliphatic heterocycles. The van der Waals surface area contributed by atoms with Crippen LogP contribution in [-0.4, -0.2) is 10.8 Å². The van der Waals surface area contributed by atoms with E-state index in [0.29, 0.717) is 4.47 Å². The van der Waals surface area contributed by atoms with E-state index in [1.54, 1.807) is 0 Å². The molecule has 0 aliphatic rings. The van der Waals surface area contributed by atoms with Crippen molar-refractivity contribution in [2.75, 3.05) is 5.32 Å². The van der Waals surface area contributed by atoms with Gasteiger partial charge >= 0.3 is 0 Å². The highest BCUT2D eigenvalue weighted by Crippen LogP contribution is 2.27. The Kier molecular flexibility index (Phi) is 4.69. The molecule has 108 valence electrons. The van der Waals surface area contributed by atoms with E-state index in [2.05, 4.69) is 37.2 Å². The van der Waals surface area contributed by atoms with Crippen molar-refractivity contribution in [2.24, 2.45) is 0 Å².